The number of likely N-dealkylation sites (N-methyl/N-ethyl adjacent to an activating group) is 2. The molecule has 7 heteroatoms. The van der Waals surface area contributed by atoms with Gasteiger partial charge in [-0.25, -0.2) is 9.97 Å². The van der Waals surface area contributed by atoms with Gasteiger partial charge >= 0.3 is 0 Å². The van der Waals surface area contributed by atoms with Gasteiger partial charge in [0.15, 0.2) is 5.65 Å². The van der Waals surface area contributed by atoms with Crippen molar-refractivity contribution in [2.75, 3.05) is 32.1 Å². The first-order chi connectivity index (χ1) is 10.2. The smallest absolute Gasteiger partial charge is 0.156 e. The van der Waals surface area contributed by atoms with Crippen LogP contribution in [0.4, 0.5) is 5.82 Å². The van der Waals surface area contributed by atoms with Gasteiger partial charge in [0, 0.05) is 56.2 Å². The predicted octanol–water partition coefficient (Wildman–Crippen LogP) is 3.20. The van der Waals surface area contributed by atoms with Crippen LogP contribution in [0.15, 0.2) is 18.6 Å². The van der Waals surface area contributed by atoms with Crippen LogP contribution in [0.3, 0.4) is 0 Å². The van der Waals surface area contributed by atoms with E-state index in [0.29, 0.717) is 6.04 Å². The minimum atomic E-state index is 0.520. The molecule has 5 nitrogen and oxygen atoms in total. The molecule has 3 heterocycles. The van der Waals surface area contributed by atoms with Gasteiger partial charge in [0.25, 0.3) is 0 Å². The van der Waals surface area contributed by atoms with E-state index in [1.807, 2.05) is 0 Å². The van der Waals surface area contributed by atoms with Gasteiger partial charge in [-0.3, -0.25) is 3.97 Å². The predicted molar refractivity (Wildman–Crippen MR) is 98.1 cm³/mol. The summed E-state index contributed by atoms with van der Waals surface area (Å²) in [6.07, 6.45) is 7.55. The summed E-state index contributed by atoms with van der Waals surface area (Å²) in [6.45, 7) is 2.30. The van der Waals surface area contributed by atoms with Gasteiger partial charge in [0.05, 0.1) is 5.39 Å². The Morgan fingerprint density at radius 1 is 1.38 bits per heavy atom. The van der Waals surface area contributed by atoms with Crippen LogP contribution >= 0.6 is 30.3 Å². The van der Waals surface area contributed by atoms with Gasteiger partial charge in [-0.15, -0.1) is 0 Å². The highest BCUT2D eigenvalue weighted by atomic mass is 127. The van der Waals surface area contributed by atoms with Crippen molar-refractivity contribution in [3.8, 4) is 0 Å². The van der Waals surface area contributed by atoms with E-state index in [2.05, 4.69) is 71.3 Å². The van der Waals surface area contributed by atoms with E-state index in [1.54, 1.807) is 15.4 Å². The van der Waals surface area contributed by atoms with Gasteiger partial charge in [-0.05, 0) is 32.5 Å². The van der Waals surface area contributed by atoms with Gasteiger partial charge in [-0.2, -0.15) is 0 Å². The summed E-state index contributed by atoms with van der Waals surface area (Å²) in [7, 11) is 6.01. The Labute approximate surface area is 141 Å². The topological polar surface area (TPSA) is 37.2 Å². The molecule has 0 amide bonds. The Morgan fingerprint density at radius 3 is 3.05 bits per heavy atom. The second-order valence-electron chi connectivity index (χ2n) is 5.67. The molecule has 1 aliphatic rings. The van der Waals surface area contributed by atoms with Crippen molar-refractivity contribution in [1.82, 2.24) is 18.8 Å². The number of halogens is 1. The molecule has 1 unspecified atom stereocenters. The maximum Gasteiger partial charge on any atom is 0.156 e. The minimum absolute atomic E-state index is 0.520. The highest BCUT2D eigenvalue weighted by Crippen LogP contribution is 2.30. The molecule has 1 fully saturated rings. The molecular formula is C14H20IN5S. The molecule has 2 aromatic rings. The molecule has 1 saturated heterocycles. The van der Waals surface area contributed by atoms with Crippen LogP contribution in [0, 0.1) is 0 Å². The monoisotopic (exact) mass is 417 g/mol. The van der Waals surface area contributed by atoms with Crippen LogP contribution in [0.1, 0.15) is 19.3 Å². The molecule has 0 spiro atoms. The number of anilines is 1. The summed E-state index contributed by atoms with van der Waals surface area (Å²) in [5.41, 5.74) is 0.994. The average Bonchev–Trinajstić information content (AvgIpc) is 2.80. The number of rotatable bonds is 3. The van der Waals surface area contributed by atoms with Crippen molar-refractivity contribution in [2.45, 2.75) is 25.3 Å². The summed E-state index contributed by atoms with van der Waals surface area (Å²) in [6, 6.07) is 2.64. The van der Waals surface area contributed by atoms with E-state index >= 15 is 0 Å². The quantitative estimate of drug-likeness (QED) is 0.718. The molecule has 2 aromatic heterocycles. The highest BCUT2D eigenvalue weighted by Gasteiger charge is 2.22. The first kappa shape index (κ1) is 15.4. The van der Waals surface area contributed by atoms with Crippen LogP contribution in [-0.4, -0.2) is 52.1 Å². The summed E-state index contributed by atoms with van der Waals surface area (Å²) in [5, 5.41) is 1.14. The Bertz CT molecular complexity index is 616. The third-order valence-electron chi connectivity index (χ3n) is 4.23. The Hall–Kier alpha value is -0.540. The standard InChI is InChI=1S/C14H20IN5S/c1-18-7-4-3-5-11(9-18)19(2)13-12-6-8-20(21-15)14(12)17-10-16-13/h6,8,10-11H,3-5,7,9H2,1-2H3. The lowest BCUT2D eigenvalue weighted by atomic mass is 10.1. The molecule has 0 bridgehead atoms. The molecule has 0 aliphatic carbocycles. The van der Waals surface area contributed by atoms with Gasteiger partial charge < -0.3 is 9.80 Å². The number of nitrogens with zero attached hydrogens (tertiary/aromatic N) is 5. The van der Waals surface area contributed by atoms with Crippen LogP contribution in [0.25, 0.3) is 11.0 Å². The molecule has 114 valence electrons. The summed E-state index contributed by atoms with van der Waals surface area (Å²) >= 11 is 2.28. The summed E-state index contributed by atoms with van der Waals surface area (Å²) < 4.78 is 2.08. The highest BCUT2D eigenvalue weighted by molar-refractivity contribution is 14.2. The lowest BCUT2D eigenvalue weighted by Gasteiger charge is -2.30. The van der Waals surface area contributed by atoms with Gasteiger partial charge in [0.1, 0.15) is 12.1 Å². The van der Waals surface area contributed by atoms with Crippen molar-refractivity contribution in [3.63, 3.8) is 0 Å². The molecule has 21 heavy (non-hydrogen) atoms. The number of hydrogen-bond donors (Lipinski definition) is 0. The fourth-order valence-corrected chi connectivity index (χ4v) is 4.32. The van der Waals surface area contributed by atoms with E-state index < -0.39 is 0 Å². The van der Waals surface area contributed by atoms with E-state index in [1.165, 1.54) is 25.8 Å². The maximum atomic E-state index is 4.56. The Morgan fingerprint density at radius 2 is 2.24 bits per heavy atom. The zero-order valence-electron chi connectivity index (χ0n) is 12.4. The van der Waals surface area contributed by atoms with Crippen molar-refractivity contribution < 1.29 is 0 Å². The molecule has 1 atom stereocenters. The fraction of sp³-hybridized carbons (Fsp3) is 0.571. The number of fused-ring (bicyclic) bond motifs is 1. The molecule has 0 saturated carbocycles. The van der Waals surface area contributed by atoms with Crippen molar-refractivity contribution >= 4 is 47.2 Å². The SMILES string of the molecule is CN1CCCCC(N(C)c2ncnc3c2ccn3SI)C1. The van der Waals surface area contributed by atoms with Crippen molar-refractivity contribution in [1.29, 1.82) is 0 Å². The second kappa shape index (κ2) is 6.70. The van der Waals surface area contributed by atoms with Gasteiger partial charge in [0.2, 0.25) is 0 Å². The van der Waals surface area contributed by atoms with E-state index in [-0.39, 0.29) is 0 Å². The van der Waals surface area contributed by atoms with Crippen LogP contribution in [0.5, 0.6) is 0 Å². The van der Waals surface area contributed by atoms with E-state index in [4.69, 9.17) is 0 Å². The maximum absolute atomic E-state index is 4.56. The van der Waals surface area contributed by atoms with E-state index in [9.17, 15) is 0 Å². The Balaban J connectivity index is 1.93. The molecular weight excluding hydrogens is 397 g/mol. The third-order valence-corrected chi connectivity index (χ3v) is 5.95. The number of aromatic nitrogens is 3. The van der Waals surface area contributed by atoms with Crippen LogP contribution < -0.4 is 4.90 Å². The second-order valence-corrected chi connectivity index (χ2v) is 7.38. The lowest BCUT2D eigenvalue weighted by molar-refractivity contribution is 0.329. The van der Waals surface area contributed by atoms with E-state index in [0.717, 1.165) is 23.4 Å². The van der Waals surface area contributed by atoms with Crippen molar-refractivity contribution in [3.05, 3.63) is 18.6 Å². The van der Waals surface area contributed by atoms with Crippen LogP contribution in [0.2, 0.25) is 0 Å². The zero-order chi connectivity index (χ0) is 14.8. The molecule has 0 radical (unpaired) electrons. The summed E-state index contributed by atoms with van der Waals surface area (Å²) in [5.74, 6) is 1.05. The van der Waals surface area contributed by atoms with Crippen LogP contribution in [-0.2, 0) is 0 Å². The first-order valence-corrected chi connectivity index (χ1v) is 10.5. The number of likely N-dealkylation sites (tertiary alicyclic amines) is 1. The summed E-state index contributed by atoms with van der Waals surface area (Å²) in [4.78, 5) is 13.7. The Kier molecular flexibility index (Phi) is 4.90. The normalized spacial score (nSPS) is 20.6. The van der Waals surface area contributed by atoms with Gasteiger partial charge in [-0.1, -0.05) is 6.42 Å². The number of hydrogen-bond acceptors (Lipinski definition) is 5. The first-order valence-electron chi connectivity index (χ1n) is 7.23. The minimum Gasteiger partial charge on any atom is -0.355 e. The lowest BCUT2D eigenvalue weighted by Crippen LogP contribution is -2.40. The molecule has 0 aromatic carbocycles. The largest absolute Gasteiger partial charge is 0.355 e. The third kappa shape index (κ3) is 3.14. The fourth-order valence-electron chi connectivity index (χ4n) is 3.04. The average molecular weight is 417 g/mol. The molecule has 0 N–H and O–H groups in total. The van der Waals surface area contributed by atoms with Crippen molar-refractivity contribution in [2.24, 2.45) is 0 Å². The zero-order valence-corrected chi connectivity index (χ0v) is 15.3. The molecule has 3 rings (SSSR count). The molecule has 1 aliphatic heterocycles.